The summed E-state index contributed by atoms with van der Waals surface area (Å²) in [5, 5.41) is 5.61. The SMILES string of the molecule is CCN(C(=O)C(CS)NC(=O)OC(C)(C)C)C(C(=O)Nc1ccccc1C)c1c(C)cccc1C. The fraction of sp³-hybridized carbons (Fsp3) is 0.444. The molecule has 0 bridgehead atoms. The molecule has 2 N–H and O–H groups in total. The minimum absolute atomic E-state index is 0.0491. The van der Waals surface area contributed by atoms with E-state index in [2.05, 4.69) is 23.3 Å². The van der Waals surface area contributed by atoms with Crippen molar-refractivity contribution in [3.05, 3.63) is 64.7 Å². The fourth-order valence-corrected chi connectivity index (χ4v) is 4.15. The van der Waals surface area contributed by atoms with Crippen LogP contribution in [-0.2, 0) is 14.3 Å². The van der Waals surface area contributed by atoms with E-state index in [9.17, 15) is 14.4 Å². The van der Waals surface area contributed by atoms with Crippen molar-refractivity contribution in [1.82, 2.24) is 10.2 Å². The molecule has 190 valence electrons. The van der Waals surface area contributed by atoms with Gasteiger partial charge in [-0.05, 0) is 76.8 Å². The number of hydrogen-bond donors (Lipinski definition) is 3. The lowest BCUT2D eigenvalue weighted by Gasteiger charge is -2.34. The molecule has 8 heteroatoms. The van der Waals surface area contributed by atoms with Crippen LogP contribution in [0, 0.1) is 20.8 Å². The van der Waals surface area contributed by atoms with E-state index in [4.69, 9.17) is 4.74 Å². The van der Waals surface area contributed by atoms with Gasteiger partial charge >= 0.3 is 6.09 Å². The Labute approximate surface area is 214 Å². The number of nitrogens with one attached hydrogen (secondary N) is 2. The van der Waals surface area contributed by atoms with Crippen LogP contribution in [0.1, 0.15) is 56.0 Å². The Balaban J connectivity index is 2.48. The maximum absolute atomic E-state index is 13.8. The van der Waals surface area contributed by atoms with E-state index in [-0.39, 0.29) is 18.2 Å². The highest BCUT2D eigenvalue weighted by Crippen LogP contribution is 2.30. The highest BCUT2D eigenvalue weighted by molar-refractivity contribution is 7.80. The second-order valence-corrected chi connectivity index (χ2v) is 9.88. The maximum Gasteiger partial charge on any atom is 0.408 e. The molecule has 0 spiro atoms. The predicted molar refractivity (Wildman–Crippen MR) is 143 cm³/mol. The lowest BCUT2D eigenvalue weighted by Crippen LogP contribution is -2.53. The van der Waals surface area contributed by atoms with E-state index in [0.29, 0.717) is 5.69 Å². The Hall–Kier alpha value is -3.00. The summed E-state index contributed by atoms with van der Waals surface area (Å²) >= 11 is 4.30. The molecule has 0 radical (unpaired) electrons. The minimum Gasteiger partial charge on any atom is -0.444 e. The van der Waals surface area contributed by atoms with Gasteiger partial charge in [0.1, 0.15) is 17.7 Å². The third-order valence-electron chi connectivity index (χ3n) is 5.57. The van der Waals surface area contributed by atoms with Gasteiger partial charge in [0.15, 0.2) is 0 Å². The average molecular weight is 500 g/mol. The molecule has 3 amide bonds. The summed E-state index contributed by atoms with van der Waals surface area (Å²) in [6.45, 7) is 13.0. The second-order valence-electron chi connectivity index (χ2n) is 9.52. The van der Waals surface area contributed by atoms with E-state index in [1.165, 1.54) is 4.90 Å². The highest BCUT2D eigenvalue weighted by atomic mass is 32.1. The van der Waals surface area contributed by atoms with Crippen LogP contribution in [0.25, 0.3) is 0 Å². The van der Waals surface area contributed by atoms with Crippen molar-refractivity contribution in [2.24, 2.45) is 0 Å². The smallest absolute Gasteiger partial charge is 0.408 e. The lowest BCUT2D eigenvalue weighted by atomic mass is 9.93. The first kappa shape index (κ1) is 28.2. The third-order valence-corrected chi connectivity index (χ3v) is 5.94. The number of benzene rings is 2. The normalized spacial score (nSPS) is 12.9. The van der Waals surface area contributed by atoms with Gasteiger partial charge in [-0.2, -0.15) is 12.6 Å². The number of rotatable bonds is 8. The number of para-hydroxylation sites is 1. The summed E-state index contributed by atoms with van der Waals surface area (Å²) in [6, 6.07) is 11.4. The number of alkyl carbamates (subject to hydrolysis) is 1. The van der Waals surface area contributed by atoms with Crippen molar-refractivity contribution < 1.29 is 19.1 Å². The Morgan fingerprint density at radius 2 is 1.54 bits per heavy atom. The fourth-order valence-electron chi connectivity index (χ4n) is 3.90. The number of ether oxygens (including phenoxy) is 1. The van der Waals surface area contributed by atoms with Crippen molar-refractivity contribution in [2.45, 2.75) is 66.2 Å². The third kappa shape index (κ3) is 7.49. The van der Waals surface area contributed by atoms with Gasteiger partial charge in [0.2, 0.25) is 5.91 Å². The van der Waals surface area contributed by atoms with Crippen LogP contribution in [0.5, 0.6) is 0 Å². The standard InChI is InChI=1S/C27H37N3O4S/c1-8-30(25(32)21(16-35)29-26(33)34-27(5,6)7)23(22-18(3)13-11-14-19(22)4)24(31)28-20-15-10-9-12-17(20)2/h9-15,21,23,35H,8,16H2,1-7H3,(H,28,31)(H,29,33). The van der Waals surface area contributed by atoms with Crippen LogP contribution >= 0.6 is 12.6 Å². The van der Waals surface area contributed by atoms with Gasteiger partial charge in [0.25, 0.3) is 5.91 Å². The topological polar surface area (TPSA) is 87.7 Å². The molecule has 0 aliphatic heterocycles. The molecule has 0 saturated carbocycles. The summed E-state index contributed by atoms with van der Waals surface area (Å²) in [4.78, 5) is 41.3. The average Bonchev–Trinajstić information content (AvgIpc) is 2.76. The van der Waals surface area contributed by atoms with Gasteiger partial charge in [-0.25, -0.2) is 4.79 Å². The largest absolute Gasteiger partial charge is 0.444 e. The second kappa shape index (κ2) is 12.1. The molecule has 7 nitrogen and oxygen atoms in total. The molecule has 0 heterocycles. The zero-order valence-corrected chi connectivity index (χ0v) is 22.5. The van der Waals surface area contributed by atoms with Crippen molar-refractivity contribution in [3.8, 4) is 0 Å². The molecular weight excluding hydrogens is 462 g/mol. The number of carbonyl (C=O) groups excluding carboxylic acids is 3. The summed E-state index contributed by atoms with van der Waals surface area (Å²) < 4.78 is 5.32. The molecule has 2 rings (SSSR count). The monoisotopic (exact) mass is 499 g/mol. The first-order valence-electron chi connectivity index (χ1n) is 11.7. The van der Waals surface area contributed by atoms with E-state index >= 15 is 0 Å². The van der Waals surface area contributed by atoms with Crippen molar-refractivity contribution in [1.29, 1.82) is 0 Å². The lowest BCUT2D eigenvalue weighted by molar-refractivity contribution is -0.140. The molecule has 0 aliphatic rings. The zero-order valence-electron chi connectivity index (χ0n) is 21.6. The quantitative estimate of drug-likeness (QED) is 0.448. The Bertz CT molecular complexity index is 1040. The van der Waals surface area contributed by atoms with Crippen LogP contribution in [0.15, 0.2) is 42.5 Å². The molecule has 0 aromatic heterocycles. The Morgan fingerprint density at radius 3 is 2.06 bits per heavy atom. The van der Waals surface area contributed by atoms with E-state index < -0.39 is 29.7 Å². The molecule has 2 atom stereocenters. The predicted octanol–water partition coefficient (Wildman–Crippen LogP) is 4.96. The molecular formula is C27H37N3O4S. The molecule has 35 heavy (non-hydrogen) atoms. The number of thiol groups is 1. The van der Waals surface area contributed by atoms with Gasteiger partial charge in [0.05, 0.1) is 0 Å². The summed E-state index contributed by atoms with van der Waals surface area (Å²) in [5.41, 5.74) is 3.41. The molecule has 0 saturated heterocycles. The summed E-state index contributed by atoms with van der Waals surface area (Å²) in [7, 11) is 0. The summed E-state index contributed by atoms with van der Waals surface area (Å²) in [6.07, 6.45) is -0.714. The number of aryl methyl sites for hydroxylation is 3. The molecule has 2 aromatic rings. The van der Waals surface area contributed by atoms with E-state index in [1.54, 1.807) is 20.8 Å². The summed E-state index contributed by atoms with van der Waals surface area (Å²) in [5.74, 6) is -0.698. The van der Waals surface area contributed by atoms with Gasteiger partial charge < -0.3 is 20.3 Å². The molecule has 0 fully saturated rings. The number of carbonyl (C=O) groups is 3. The van der Waals surface area contributed by atoms with E-state index in [1.807, 2.05) is 70.2 Å². The minimum atomic E-state index is -0.966. The number of amides is 3. The van der Waals surface area contributed by atoms with Gasteiger partial charge in [-0.3, -0.25) is 9.59 Å². The molecule has 0 aliphatic carbocycles. The van der Waals surface area contributed by atoms with Gasteiger partial charge in [-0.1, -0.05) is 36.4 Å². The van der Waals surface area contributed by atoms with Crippen molar-refractivity contribution in [2.75, 3.05) is 17.6 Å². The number of likely N-dealkylation sites (N-methyl/N-ethyl adjacent to an activating group) is 1. The number of anilines is 1. The van der Waals surface area contributed by atoms with Crippen molar-refractivity contribution in [3.63, 3.8) is 0 Å². The Kier molecular flexibility index (Phi) is 9.77. The first-order valence-corrected chi connectivity index (χ1v) is 12.4. The van der Waals surface area contributed by atoms with E-state index in [0.717, 1.165) is 22.3 Å². The van der Waals surface area contributed by atoms with Crippen LogP contribution in [0.4, 0.5) is 10.5 Å². The first-order chi connectivity index (χ1) is 16.4. The number of nitrogens with zero attached hydrogens (tertiary/aromatic N) is 1. The maximum atomic E-state index is 13.8. The zero-order chi connectivity index (χ0) is 26.3. The number of hydrogen-bond acceptors (Lipinski definition) is 5. The van der Waals surface area contributed by atoms with Crippen LogP contribution in [0.2, 0.25) is 0 Å². The van der Waals surface area contributed by atoms with Gasteiger partial charge in [-0.15, -0.1) is 0 Å². The van der Waals surface area contributed by atoms with Gasteiger partial charge in [0, 0.05) is 18.0 Å². The highest BCUT2D eigenvalue weighted by Gasteiger charge is 2.36. The van der Waals surface area contributed by atoms with Crippen LogP contribution < -0.4 is 10.6 Å². The molecule has 2 aromatic carbocycles. The Morgan fingerprint density at radius 1 is 0.971 bits per heavy atom. The van der Waals surface area contributed by atoms with Crippen molar-refractivity contribution >= 4 is 36.2 Å². The molecule has 2 unspecified atom stereocenters. The van der Waals surface area contributed by atoms with Crippen LogP contribution in [0.3, 0.4) is 0 Å². The van der Waals surface area contributed by atoms with Crippen LogP contribution in [-0.4, -0.2) is 46.7 Å².